The second kappa shape index (κ2) is 6.50. The van der Waals surface area contributed by atoms with E-state index in [-0.39, 0.29) is 20.5 Å². The Morgan fingerprint density at radius 3 is 2.33 bits per heavy atom. The monoisotopic (exact) mass is 352 g/mol. The summed E-state index contributed by atoms with van der Waals surface area (Å²) in [5, 5.41) is 10.4. The van der Waals surface area contributed by atoms with E-state index >= 15 is 0 Å². The highest BCUT2D eigenvalue weighted by Gasteiger charge is 2.25. The number of nitrogens with zero attached hydrogens (tertiary/aromatic N) is 1. The number of carboxylic acids is 1. The topological polar surface area (TPSA) is 86.7 Å². The summed E-state index contributed by atoms with van der Waals surface area (Å²) in [6, 6.07) is 2.09. The molecule has 1 aromatic carbocycles. The van der Waals surface area contributed by atoms with Crippen molar-refractivity contribution in [1.29, 1.82) is 0 Å². The highest BCUT2D eigenvalue weighted by molar-refractivity contribution is 7.89. The van der Waals surface area contributed by atoms with Gasteiger partial charge < -0.3 is 5.11 Å². The molecule has 1 fully saturated rings. The predicted octanol–water partition coefficient (Wildman–Crippen LogP) is 2.37. The number of sulfonamides is 1. The van der Waals surface area contributed by atoms with E-state index in [2.05, 4.69) is 4.83 Å². The molecule has 1 aliphatic heterocycles. The third kappa shape index (κ3) is 3.87. The summed E-state index contributed by atoms with van der Waals surface area (Å²) in [6.45, 7) is 1.21. The SMILES string of the molecule is O=C(O)c1cc(S(=O)(=O)NN2CCCCC2)c(Cl)cc1Cl. The summed E-state index contributed by atoms with van der Waals surface area (Å²) in [5.74, 6) is -1.31. The van der Waals surface area contributed by atoms with Gasteiger partial charge >= 0.3 is 5.97 Å². The molecule has 0 atom stereocenters. The van der Waals surface area contributed by atoms with Crippen LogP contribution in [0.15, 0.2) is 17.0 Å². The molecule has 1 aliphatic rings. The molecule has 6 nitrogen and oxygen atoms in total. The van der Waals surface area contributed by atoms with Gasteiger partial charge in [-0.15, -0.1) is 4.83 Å². The van der Waals surface area contributed by atoms with Gasteiger partial charge in [0.25, 0.3) is 10.0 Å². The van der Waals surface area contributed by atoms with E-state index < -0.39 is 16.0 Å². The van der Waals surface area contributed by atoms with E-state index in [1.807, 2.05) is 0 Å². The van der Waals surface area contributed by atoms with Crippen LogP contribution in [0.5, 0.6) is 0 Å². The first-order chi connectivity index (χ1) is 9.81. The fraction of sp³-hybridized carbons (Fsp3) is 0.417. The van der Waals surface area contributed by atoms with Gasteiger partial charge in [0.2, 0.25) is 0 Å². The van der Waals surface area contributed by atoms with Crippen molar-refractivity contribution in [2.24, 2.45) is 0 Å². The molecule has 0 aliphatic carbocycles. The van der Waals surface area contributed by atoms with Crippen LogP contribution in [0.2, 0.25) is 10.0 Å². The van der Waals surface area contributed by atoms with Crippen LogP contribution in [-0.2, 0) is 10.0 Å². The molecule has 0 radical (unpaired) electrons. The smallest absolute Gasteiger partial charge is 0.337 e. The molecule has 0 saturated carbocycles. The summed E-state index contributed by atoms with van der Waals surface area (Å²) >= 11 is 11.6. The van der Waals surface area contributed by atoms with E-state index in [0.29, 0.717) is 13.1 Å². The number of carbonyl (C=O) groups is 1. The Bertz CT molecular complexity index is 657. The molecule has 0 unspecified atom stereocenters. The van der Waals surface area contributed by atoms with Gasteiger partial charge in [-0.25, -0.2) is 18.2 Å². The van der Waals surface area contributed by atoms with E-state index in [1.165, 1.54) is 0 Å². The largest absolute Gasteiger partial charge is 0.478 e. The second-order valence-electron chi connectivity index (χ2n) is 4.71. The molecule has 0 bridgehead atoms. The van der Waals surface area contributed by atoms with Gasteiger partial charge in [0.1, 0.15) is 4.90 Å². The number of halogens is 2. The third-order valence-corrected chi connectivity index (χ3v) is 5.30. The van der Waals surface area contributed by atoms with Crippen LogP contribution in [-0.4, -0.2) is 37.6 Å². The molecule has 0 spiro atoms. The Balaban J connectivity index is 2.34. The molecule has 2 N–H and O–H groups in total. The van der Waals surface area contributed by atoms with Gasteiger partial charge in [-0.2, -0.15) is 0 Å². The first-order valence-corrected chi connectivity index (χ1v) is 8.55. The minimum absolute atomic E-state index is 0.107. The second-order valence-corrected chi connectivity index (χ2v) is 7.15. The summed E-state index contributed by atoms with van der Waals surface area (Å²) in [5.41, 5.74) is -0.305. The van der Waals surface area contributed by atoms with Crippen LogP contribution in [0.4, 0.5) is 0 Å². The van der Waals surface area contributed by atoms with Crippen molar-refractivity contribution in [3.63, 3.8) is 0 Å². The van der Waals surface area contributed by atoms with Crippen LogP contribution in [0, 0.1) is 0 Å². The van der Waals surface area contributed by atoms with Crippen molar-refractivity contribution in [3.05, 3.63) is 27.7 Å². The number of nitrogens with one attached hydrogen (secondary N) is 1. The van der Waals surface area contributed by atoms with E-state index in [9.17, 15) is 13.2 Å². The third-order valence-electron chi connectivity index (χ3n) is 3.15. The molecule has 1 heterocycles. The lowest BCUT2D eigenvalue weighted by Crippen LogP contribution is -2.45. The maximum absolute atomic E-state index is 12.3. The lowest BCUT2D eigenvalue weighted by atomic mass is 10.2. The zero-order valence-corrected chi connectivity index (χ0v) is 13.3. The van der Waals surface area contributed by atoms with Crippen molar-refractivity contribution in [2.75, 3.05) is 13.1 Å². The van der Waals surface area contributed by atoms with Crippen LogP contribution >= 0.6 is 23.2 Å². The maximum atomic E-state index is 12.3. The minimum atomic E-state index is -3.94. The maximum Gasteiger partial charge on any atom is 0.337 e. The Hall–Kier alpha value is -0.860. The van der Waals surface area contributed by atoms with E-state index in [1.54, 1.807) is 5.01 Å². The summed E-state index contributed by atoms with van der Waals surface area (Å²) < 4.78 is 24.7. The van der Waals surface area contributed by atoms with Crippen molar-refractivity contribution in [2.45, 2.75) is 24.2 Å². The number of hydrogen-bond donors (Lipinski definition) is 2. The molecule has 1 saturated heterocycles. The van der Waals surface area contributed by atoms with Crippen molar-refractivity contribution in [3.8, 4) is 0 Å². The molecule has 116 valence electrons. The molecule has 0 amide bonds. The normalized spacial score (nSPS) is 16.9. The fourth-order valence-electron chi connectivity index (χ4n) is 2.10. The zero-order valence-electron chi connectivity index (χ0n) is 11.0. The number of piperidine rings is 1. The molecular formula is C12H14Cl2N2O4S. The van der Waals surface area contributed by atoms with Crippen molar-refractivity contribution < 1.29 is 18.3 Å². The molecule has 0 aromatic heterocycles. The van der Waals surface area contributed by atoms with E-state index in [0.717, 1.165) is 31.4 Å². The first kappa shape index (κ1) is 16.5. The first-order valence-electron chi connectivity index (χ1n) is 6.31. The standard InChI is InChI=1S/C12H14Cl2N2O4S/c13-9-7-10(14)11(6-8(9)12(17)18)21(19,20)15-16-4-2-1-3-5-16/h6-7,15H,1-5H2,(H,17,18). The highest BCUT2D eigenvalue weighted by Crippen LogP contribution is 2.29. The Morgan fingerprint density at radius 1 is 1.14 bits per heavy atom. The number of carboxylic acid groups (broad SMARTS) is 1. The van der Waals surface area contributed by atoms with Gasteiger partial charge in [-0.3, -0.25) is 0 Å². The molecular weight excluding hydrogens is 339 g/mol. The number of rotatable bonds is 4. The Kier molecular flexibility index (Phi) is 5.11. The van der Waals surface area contributed by atoms with Gasteiger partial charge in [-0.1, -0.05) is 29.6 Å². The van der Waals surface area contributed by atoms with E-state index in [4.69, 9.17) is 28.3 Å². The number of benzene rings is 1. The Labute approximate surface area is 132 Å². The van der Waals surface area contributed by atoms with Crippen LogP contribution in [0.25, 0.3) is 0 Å². The van der Waals surface area contributed by atoms with Crippen LogP contribution in [0.1, 0.15) is 29.6 Å². The van der Waals surface area contributed by atoms with Gasteiger partial charge in [-0.05, 0) is 25.0 Å². The minimum Gasteiger partial charge on any atom is -0.478 e. The molecule has 1 aromatic rings. The quantitative estimate of drug-likeness (QED) is 0.868. The Morgan fingerprint density at radius 2 is 1.76 bits per heavy atom. The average Bonchev–Trinajstić information content (AvgIpc) is 2.38. The zero-order chi connectivity index (χ0) is 15.6. The fourth-order valence-corrected chi connectivity index (χ4v) is 4.08. The summed E-state index contributed by atoms with van der Waals surface area (Å²) in [7, 11) is -3.94. The van der Waals surface area contributed by atoms with Gasteiger partial charge in [0.15, 0.2) is 0 Å². The van der Waals surface area contributed by atoms with Crippen LogP contribution < -0.4 is 4.83 Å². The number of hydrogen-bond acceptors (Lipinski definition) is 4. The highest BCUT2D eigenvalue weighted by atomic mass is 35.5. The summed E-state index contributed by atoms with van der Waals surface area (Å²) in [6.07, 6.45) is 2.86. The molecule has 21 heavy (non-hydrogen) atoms. The molecule has 9 heteroatoms. The molecule has 2 rings (SSSR count). The average molecular weight is 353 g/mol. The van der Waals surface area contributed by atoms with Gasteiger partial charge in [0.05, 0.1) is 15.6 Å². The summed E-state index contributed by atoms with van der Waals surface area (Å²) in [4.78, 5) is 13.2. The predicted molar refractivity (Wildman–Crippen MR) is 79.2 cm³/mol. The van der Waals surface area contributed by atoms with Gasteiger partial charge in [0, 0.05) is 13.1 Å². The number of hydrazine groups is 1. The lowest BCUT2D eigenvalue weighted by Gasteiger charge is -2.26. The number of aromatic carboxylic acids is 1. The van der Waals surface area contributed by atoms with Crippen molar-refractivity contribution >= 4 is 39.2 Å². The van der Waals surface area contributed by atoms with Crippen molar-refractivity contribution in [1.82, 2.24) is 9.84 Å². The lowest BCUT2D eigenvalue weighted by molar-refractivity contribution is 0.0697. The van der Waals surface area contributed by atoms with Crippen LogP contribution in [0.3, 0.4) is 0 Å².